The number of amides is 1. The number of nitrogens with one attached hydrogen (secondary N) is 1. The molecule has 37 heavy (non-hydrogen) atoms. The zero-order chi connectivity index (χ0) is 27.0. The standard InChI is InChI=1S/C26H34F3N5O3/c1-16-30-21(32-31-16)20-6-5-13-34(23(20)37-24(36)26(27,28)29)19-11-14-33(15-12-19)22(35)17-7-9-18(10-8-17)25(2,3)4/h7-10,19-20,23H,5-6,11-15H2,1-4H3,(H,30,31,32). The normalized spacial score (nSPS) is 22.2. The molecule has 0 spiro atoms. The number of hydrogen-bond acceptors (Lipinski definition) is 6. The lowest BCUT2D eigenvalue weighted by Crippen LogP contribution is -2.56. The summed E-state index contributed by atoms with van der Waals surface area (Å²) in [5.41, 5.74) is 1.74. The summed E-state index contributed by atoms with van der Waals surface area (Å²) in [5.74, 6) is -1.98. The molecule has 202 valence electrons. The van der Waals surface area contributed by atoms with Crippen molar-refractivity contribution in [3.8, 4) is 0 Å². The van der Waals surface area contributed by atoms with E-state index in [2.05, 4.69) is 36.0 Å². The Bertz CT molecular complexity index is 1100. The monoisotopic (exact) mass is 521 g/mol. The van der Waals surface area contributed by atoms with Crippen LogP contribution in [0.25, 0.3) is 0 Å². The number of nitrogens with zero attached hydrogens (tertiary/aromatic N) is 4. The van der Waals surface area contributed by atoms with Gasteiger partial charge in [-0.05, 0) is 55.7 Å². The second-order valence-electron chi connectivity index (χ2n) is 10.9. The number of carbonyl (C=O) groups is 2. The molecule has 8 nitrogen and oxygen atoms in total. The molecular formula is C26H34F3N5O3. The number of esters is 1. The predicted molar refractivity (Wildman–Crippen MR) is 130 cm³/mol. The van der Waals surface area contributed by atoms with E-state index in [-0.39, 0.29) is 17.4 Å². The van der Waals surface area contributed by atoms with E-state index in [4.69, 9.17) is 4.74 Å². The van der Waals surface area contributed by atoms with E-state index in [1.807, 2.05) is 29.2 Å². The van der Waals surface area contributed by atoms with Crippen LogP contribution in [-0.2, 0) is 14.9 Å². The Kier molecular flexibility index (Phi) is 7.64. The minimum Gasteiger partial charge on any atom is -0.439 e. The number of hydrogen-bond donors (Lipinski definition) is 1. The first-order valence-electron chi connectivity index (χ1n) is 12.7. The molecule has 0 bridgehead atoms. The van der Waals surface area contributed by atoms with Crippen LogP contribution in [0.5, 0.6) is 0 Å². The second-order valence-corrected chi connectivity index (χ2v) is 10.9. The number of aryl methyl sites for hydroxylation is 1. The maximum atomic E-state index is 13.1. The number of ether oxygens (including phenoxy) is 1. The molecule has 0 aliphatic carbocycles. The van der Waals surface area contributed by atoms with Gasteiger partial charge in [0.15, 0.2) is 12.1 Å². The molecule has 2 aromatic rings. The van der Waals surface area contributed by atoms with Gasteiger partial charge < -0.3 is 9.64 Å². The van der Waals surface area contributed by atoms with Crippen molar-refractivity contribution in [1.29, 1.82) is 0 Å². The highest BCUT2D eigenvalue weighted by Crippen LogP contribution is 2.36. The second kappa shape index (κ2) is 10.4. The fourth-order valence-corrected chi connectivity index (χ4v) is 5.19. The fourth-order valence-electron chi connectivity index (χ4n) is 5.19. The van der Waals surface area contributed by atoms with Gasteiger partial charge in [0, 0.05) is 31.2 Å². The highest BCUT2D eigenvalue weighted by atomic mass is 19.4. The number of likely N-dealkylation sites (tertiary alicyclic amines) is 2. The van der Waals surface area contributed by atoms with Crippen molar-refractivity contribution in [3.63, 3.8) is 0 Å². The van der Waals surface area contributed by atoms with Gasteiger partial charge in [0.1, 0.15) is 5.82 Å². The smallest absolute Gasteiger partial charge is 0.439 e. The van der Waals surface area contributed by atoms with E-state index in [9.17, 15) is 22.8 Å². The molecule has 1 amide bonds. The molecule has 1 N–H and O–H groups in total. The topological polar surface area (TPSA) is 91.4 Å². The summed E-state index contributed by atoms with van der Waals surface area (Å²) in [6, 6.07) is 7.49. The lowest BCUT2D eigenvalue weighted by Gasteiger charge is -2.46. The third-order valence-electron chi connectivity index (χ3n) is 7.23. The Balaban J connectivity index is 1.46. The third kappa shape index (κ3) is 6.14. The molecule has 11 heteroatoms. The summed E-state index contributed by atoms with van der Waals surface area (Å²) >= 11 is 0. The summed E-state index contributed by atoms with van der Waals surface area (Å²) < 4.78 is 44.4. The average molecular weight is 522 g/mol. The number of carbonyl (C=O) groups excluding carboxylic acids is 2. The van der Waals surface area contributed by atoms with Crippen LogP contribution in [0.3, 0.4) is 0 Å². The quantitative estimate of drug-likeness (QED) is 0.603. The molecular weight excluding hydrogens is 487 g/mol. The first kappa shape index (κ1) is 27.1. The van der Waals surface area contributed by atoms with Crippen LogP contribution in [0.2, 0.25) is 0 Å². The molecule has 2 fully saturated rings. The number of halogens is 3. The lowest BCUT2D eigenvalue weighted by molar-refractivity contribution is -0.219. The van der Waals surface area contributed by atoms with Gasteiger partial charge in [0.2, 0.25) is 0 Å². The Morgan fingerprint density at radius 1 is 1.03 bits per heavy atom. The number of aromatic nitrogens is 3. The highest BCUT2D eigenvalue weighted by Gasteiger charge is 2.48. The molecule has 0 radical (unpaired) electrons. The molecule has 0 saturated carbocycles. The lowest BCUT2D eigenvalue weighted by atomic mass is 9.86. The predicted octanol–water partition coefficient (Wildman–Crippen LogP) is 4.33. The third-order valence-corrected chi connectivity index (χ3v) is 7.23. The number of piperidine rings is 2. The van der Waals surface area contributed by atoms with Crippen molar-refractivity contribution in [2.24, 2.45) is 0 Å². The maximum Gasteiger partial charge on any atom is 0.490 e. The summed E-state index contributed by atoms with van der Waals surface area (Å²) in [6.45, 7) is 9.46. The van der Waals surface area contributed by atoms with E-state index in [0.717, 1.165) is 5.56 Å². The van der Waals surface area contributed by atoms with Crippen LogP contribution in [0.1, 0.15) is 79.9 Å². The van der Waals surface area contributed by atoms with E-state index >= 15 is 0 Å². The first-order valence-corrected chi connectivity index (χ1v) is 12.7. The van der Waals surface area contributed by atoms with Gasteiger partial charge in [-0.15, -0.1) is 0 Å². The van der Waals surface area contributed by atoms with Gasteiger partial charge in [0.05, 0.1) is 5.92 Å². The number of benzene rings is 1. The van der Waals surface area contributed by atoms with Gasteiger partial charge in [-0.25, -0.2) is 9.78 Å². The van der Waals surface area contributed by atoms with Crippen molar-refractivity contribution < 1.29 is 27.5 Å². The minimum atomic E-state index is -5.10. The van der Waals surface area contributed by atoms with Crippen LogP contribution in [0, 0.1) is 6.92 Å². The van der Waals surface area contributed by atoms with E-state index in [1.54, 1.807) is 11.8 Å². The summed E-state index contributed by atoms with van der Waals surface area (Å²) in [4.78, 5) is 32.9. The van der Waals surface area contributed by atoms with Gasteiger partial charge in [-0.1, -0.05) is 32.9 Å². The SMILES string of the molecule is Cc1nc(C2CCCN(C3CCN(C(=O)c4ccc(C(C)(C)C)cc4)CC3)C2OC(=O)C(F)(F)F)n[nH]1. The summed E-state index contributed by atoms with van der Waals surface area (Å²) in [5, 5.41) is 6.86. The number of rotatable bonds is 4. The summed E-state index contributed by atoms with van der Waals surface area (Å²) in [6.07, 6.45) is -3.89. The largest absolute Gasteiger partial charge is 0.490 e. The van der Waals surface area contributed by atoms with Crippen molar-refractivity contribution in [3.05, 3.63) is 47.0 Å². The number of aromatic amines is 1. The Labute approximate surface area is 214 Å². The average Bonchev–Trinajstić information content (AvgIpc) is 3.29. The van der Waals surface area contributed by atoms with E-state index in [0.29, 0.717) is 62.5 Å². The Morgan fingerprint density at radius 3 is 2.22 bits per heavy atom. The molecule has 2 unspecified atom stereocenters. The van der Waals surface area contributed by atoms with Gasteiger partial charge in [-0.3, -0.25) is 14.8 Å². The van der Waals surface area contributed by atoms with Crippen molar-refractivity contribution in [2.75, 3.05) is 19.6 Å². The van der Waals surface area contributed by atoms with Crippen LogP contribution in [0.15, 0.2) is 24.3 Å². The highest BCUT2D eigenvalue weighted by molar-refractivity contribution is 5.94. The first-order chi connectivity index (χ1) is 17.3. The zero-order valence-electron chi connectivity index (χ0n) is 21.6. The van der Waals surface area contributed by atoms with Crippen molar-refractivity contribution in [1.82, 2.24) is 25.0 Å². The van der Waals surface area contributed by atoms with Gasteiger partial charge >= 0.3 is 12.1 Å². The van der Waals surface area contributed by atoms with Crippen LogP contribution in [0.4, 0.5) is 13.2 Å². The molecule has 1 aromatic carbocycles. The number of alkyl halides is 3. The Morgan fingerprint density at radius 2 is 1.68 bits per heavy atom. The molecule has 3 heterocycles. The minimum absolute atomic E-state index is 0.0114. The molecule has 2 aliphatic heterocycles. The molecule has 2 aliphatic rings. The fraction of sp³-hybridized carbons (Fsp3) is 0.615. The van der Waals surface area contributed by atoms with Crippen molar-refractivity contribution >= 4 is 11.9 Å². The van der Waals surface area contributed by atoms with Crippen LogP contribution >= 0.6 is 0 Å². The molecule has 2 atom stereocenters. The van der Waals surface area contributed by atoms with Crippen LogP contribution < -0.4 is 0 Å². The van der Waals surface area contributed by atoms with Crippen molar-refractivity contribution in [2.45, 2.75) is 83.2 Å². The van der Waals surface area contributed by atoms with E-state index in [1.165, 1.54) is 0 Å². The number of H-pyrrole nitrogens is 1. The van der Waals surface area contributed by atoms with Gasteiger partial charge in [0.25, 0.3) is 5.91 Å². The molecule has 2 saturated heterocycles. The van der Waals surface area contributed by atoms with E-state index < -0.39 is 24.3 Å². The van der Waals surface area contributed by atoms with Crippen LogP contribution in [-0.4, -0.2) is 74.9 Å². The zero-order valence-corrected chi connectivity index (χ0v) is 21.6. The molecule has 4 rings (SSSR count). The summed E-state index contributed by atoms with van der Waals surface area (Å²) in [7, 11) is 0. The Hall–Kier alpha value is -2.95. The maximum absolute atomic E-state index is 13.1. The molecule has 1 aromatic heterocycles. The van der Waals surface area contributed by atoms with Gasteiger partial charge in [-0.2, -0.15) is 18.3 Å².